The Labute approximate surface area is 204 Å². The van der Waals surface area contributed by atoms with E-state index in [0.717, 1.165) is 16.8 Å². The number of hydrogen-bond donors (Lipinski definition) is 0. The van der Waals surface area contributed by atoms with Crippen LogP contribution in [0.2, 0.25) is 0 Å². The first-order valence-electron chi connectivity index (χ1n) is 11.2. The molecular weight excluding hydrogens is 446 g/mol. The van der Waals surface area contributed by atoms with Crippen LogP contribution in [-0.4, -0.2) is 41.7 Å². The van der Waals surface area contributed by atoms with Gasteiger partial charge in [-0.2, -0.15) is 0 Å². The SMILES string of the molecule is COc1cc(OC)c(Cc2ccc(C(=O)N(Cc3cccnc3)Cc3cccn3C)o2)c(OC)c1. The lowest BCUT2D eigenvalue weighted by molar-refractivity contribution is 0.0692. The summed E-state index contributed by atoms with van der Waals surface area (Å²) in [6.07, 6.45) is 5.83. The first-order valence-corrected chi connectivity index (χ1v) is 11.2. The molecule has 0 bridgehead atoms. The van der Waals surface area contributed by atoms with Gasteiger partial charge >= 0.3 is 0 Å². The second-order valence-corrected chi connectivity index (χ2v) is 8.09. The van der Waals surface area contributed by atoms with Crippen molar-refractivity contribution in [1.82, 2.24) is 14.5 Å². The average molecular weight is 476 g/mol. The molecule has 0 aliphatic rings. The Morgan fingerprint density at radius 2 is 1.77 bits per heavy atom. The molecule has 0 spiro atoms. The summed E-state index contributed by atoms with van der Waals surface area (Å²) in [6, 6.07) is 14.9. The molecule has 3 aromatic heterocycles. The molecule has 0 saturated heterocycles. The van der Waals surface area contributed by atoms with Crippen LogP contribution in [0.1, 0.15) is 33.1 Å². The van der Waals surface area contributed by atoms with Gasteiger partial charge in [0.1, 0.15) is 23.0 Å². The smallest absolute Gasteiger partial charge is 0.290 e. The summed E-state index contributed by atoms with van der Waals surface area (Å²) in [5.74, 6) is 2.55. The molecule has 182 valence electrons. The number of nitrogens with zero attached hydrogens (tertiary/aromatic N) is 3. The summed E-state index contributed by atoms with van der Waals surface area (Å²) >= 11 is 0. The predicted octanol–water partition coefficient (Wildman–Crippen LogP) is 4.47. The minimum absolute atomic E-state index is 0.199. The van der Waals surface area contributed by atoms with Crippen LogP contribution in [-0.2, 0) is 26.6 Å². The maximum atomic E-state index is 13.5. The Hall–Kier alpha value is -4.20. The van der Waals surface area contributed by atoms with Crippen LogP contribution in [0.3, 0.4) is 0 Å². The molecule has 8 heteroatoms. The van der Waals surface area contributed by atoms with E-state index in [4.69, 9.17) is 18.6 Å². The second-order valence-electron chi connectivity index (χ2n) is 8.09. The van der Waals surface area contributed by atoms with E-state index >= 15 is 0 Å². The van der Waals surface area contributed by atoms with Gasteiger partial charge in [0, 0.05) is 62.0 Å². The monoisotopic (exact) mass is 475 g/mol. The standard InChI is InChI=1S/C27H29N3O5/c1-29-12-6-8-20(29)18-30(17-19-7-5-11-28-16-19)27(31)24-10-9-21(35-24)13-23-25(33-3)14-22(32-2)15-26(23)34-4/h5-12,14-16H,13,17-18H2,1-4H3. The third kappa shape index (κ3) is 5.48. The molecule has 0 fully saturated rings. The first-order chi connectivity index (χ1) is 17.0. The molecule has 35 heavy (non-hydrogen) atoms. The molecule has 0 atom stereocenters. The fourth-order valence-corrected chi connectivity index (χ4v) is 3.94. The number of hydrogen-bond acceptors (Lipinski definition) is 6. The summed E-state index contributed by atoms with van der Waals surface area (Å²) in [5.41, 5.74) is 2.76. The zero-order chi connectivity index (χ0) is 24.8. The minimum Gasteiger partial charge on any atom is -0.496 e. The zero-order valence-corrected chi connectivity index (χ0v) is 20.4. The van der Waals surface area contributed by atoms with E-state index < -0.39 is 0 Å². The Morgan fingerprint density at radius 3 is 2.37 bits per heavy atom. The van der Waals surface area contributed by atoms with Crippen molar-refractivity contribution < 1.29 is 23.4 Å². The average Bonchev–Trinajstić information content (AvgIpc) is 3.52. The number of rotatable bonds is 10. The van der Waals surface area contributed by atoms with Crippen LogP contribution in [0.25, 0.3) is 0 Å². The van der Waals surface area contributed by atoms with Gasteiger partial charge in [0.25, 0.3) is 5.91 Å². The Morgan fingerprint density at radius 1 is 1.00 bits per heavy atom. The minimum atomic E-state index is -0.199. The van der Waals surface area contributed by atoms with Crippen LogP contribution >= 0.6 is 0 Å². The Balaban J connectivity index is 1.59. The number of methoxy groups -OCH3 is 3. The molecule has 0 saturated carbocycles. The van der Waals surface area contributed by atoms with Crippen molar-refractivity contribution in [2.24, 2.45) is 7.05 Å². The number of furan rings is 1. The number of benzene rings is 1. The molecule has 4 rings (SSSR count). The molecule has 4 aromatic rings. The van der Waals surface area contributed by atoms with Gasteiger partial charge in [-0.25, -0.2) is 0 Å². The van der Waals surface area contributed by atoms with Gasteiger partial charge in [-0.05, 0) is 35.9 Å². The molecular formula is C27H29N3O5. The molecule has 3 heterocycles. The molecule has 8 nitrogen and oxygen atoms in total. The highest BCUT2D eigenvalue weighted by atomic mass is 16.5. The number of ether oxygens (including phenoxy) is 3. The topological polar surface area (TPSA) is 79.0 Å². The molecule has 0 N–H and O–H groups in total. The second kappa shape index (κ2) is 10.8. The van der Waals surface area contributed by atoms with Gasteiger partial charge in [-0.3, -0.25) is 9.78 Å². The number of carbonyl (C=O) groups excluding carboxylic acids is 1. The number of aryl methyl sites for hydroxylation is 1. The highest BCUT2D eigenvalue weighted by Gasteiger charge is 2.22. The van der Waals surface area contributed by atoms with Crippen molar-refractivity contribution in [3.8, 4) is 17.2 Å². The van der Waals surface area contributed by atoms with Gasteiger partial charge in [0.05, 0.1) is 27.9 Å². The number of aromatic nitrogens is 2. The van der Waals surface area contributed by atoms with Crippen molar-refractivity contribution in [1.29, 1.82) is 0 Å². The van der Waals surface area contributed by atoms with Gasteiger partial charge in [0.2, 0.25) is 0 Å². The third-order valence-corrected chi connectivity index (χ3v) is 5.83. The Kier molecular flexibility index (Phi) is 7.40. The zero-order valence-electron chi connectivity index (χ0n) is 20.4. The van der Waals surface area contributed by atoms with Crippen LogP contribution in [0.4, 0.5) is 0 Å². The van der Waals surface area contributed by atoms with Crippen molar-refractivity contribution in [2.75, 3.05) is 21.3 Å². The molecule has 1 aromatic carbocycles. The third-order valence-electron chi connectivity index (χ3n) is 5.83. The van der Waals surface area contributed by atoms with Gasteiger partial charge < -0.3 is 28.1 Å². The van der Waals surface area contributed by atoms with Gasteiger partial charge in [0.15, 0.2) is 5.76 Å². The highest BCUT2D eigenvalue weighted by molar-refractivity contribution is 5.91. The number of carbonyl (C=O) groups is 1. The lowest BCUT2D eigenvalue weighted by Gasteiger charge is -2.22. The number of pyridine rings is 1. The van der Waals surface area contributed by atoms with E-state index in [0.29, 0.717) is 42.5 Å². The summed E-state index contributed by atoms with van der Waals surface area (Å²) in [6.45, 7) is 0.849. The van der Waals surface area contributed by atoms with Gasteiger partial charge in [-0.15, -0.1) is 0 Å². The van der Waals surface area contributed by atoms with E-state index in [1.165, 1.54) is 0 Å². The van der Waals surface area contributed by atoms with Crippen molar-refractivity contribution in [3.63, 3.8) is 0 Å². The first kappa shape index (κ1) is 23.9. The summed E-state index contributed by atoms with van der Waals surface area (Å²) < 4.78 is 24.4. The maximum absolute atomic E-state index is 13.5. The molecule has 0 aliphatic carbocycles. The fourth-order valence-electron chi connectivity index (χ4n) is 3.94. The largest absolute Gasteiger partial charge is 0.496 e. The molecule has 0 radical (unpaired) electrons. The molecule has 0 aliphatic heterocycles. The van der Waals surface area contributed by atoms with Crippen LogP contribution in [0.15, 0.2) is 71.5 Å². The molecule has 0 unspecified atom stereocenters. The summed E-state index contributed by atoms with van der Waals surface area (Å²) in [4.78, 5) is 19.5. The van der Waals surface area contributed by atoms with Crippen LogP contribution in [0.5, 0.6) is 17.2 Å². The van der Waals surface area contributed by atoms with E-state index in [9.17, 15) is 4.79 Å². The quantitative estimate of drug-likeness (QED) is 0.337. The Bertz CT molecular complexity index is 1250. The maximum Gasteiger partial charge on any atom is 0.290 e. The lowest BCUT2D eigenvalue weighted by Crippen LogP contribution is -2.30. The predicted molar refractivity (Wildman–Crippen MR) is 131 cm³/mol. The van der Waals surface area contributed by atoms with E-state index in [2.05, 4.69) is 4.98 Å². The van der Waals surface area contributed by atoms with Crippen molar-refractivity contribution in [3.05, 3.63) is 95.5 Å². The highest BCUT2D eigenvalue weighted by Crippen LogP contribution is 2.36. The fraction of sp³-hybridized carbons (Fsp3) is 0.259. The van der Waals surface area contributed by atoms with E-state index in [1.807, 2.05) is 42.1 Å². The van der Waals surface area contributed by atoms with Crippen LogP contribution < -0.4 is 14.2 Å². The van der Waals surface area contributed by atoms with Crippen molar-refractivity contribution >= 4 is 5.91 Å². The normalized spacial score (nSPS) is 10.7. The number of amides is 1. The van der Waals surface area contributed by atoms with E-state index in [1.54, 1.807) is 62.9 Å². The van der Waals surface area contributed by atoms with Crippen molar-refractivity contribution in [2.45, 2.75) is 19.5 Å². The van der Waals surface area contributed by atoms with Crippen LogP contribution in [0, 0.1) is 0 Å². The summed E-state index contributed by atoms with van der Waals surface area (Å²) in [7, 11) is 6.73. The van der Waals surface area contributed by atoms with Gasteiger partial charge in [-0.1, -0.05) is 6.07 Å². The van der Waals surface area contributed by atoms with E-state index in [-0.39, 0.29) is 11.7 Å². The lowest BCUT2D eigenvalue weighted by atomic mass is 10.1. The molecule has 1 amide bonds. The summed E-state index contributed by atoms with van der Waals surface area (Å²) in [5, 5.41) is 0.